The second kappa shape index (κ2) is 7.75. The molecule has 0 spiro atoms. The number of aryl methyl sites for hydroxylation is 2. The highest BCUT2D eigenvalue weighted by Crippen LogP contribution is 2.24. The molecule has 3 aromatic rings. The Morgan fingerprint density at radius 1 is 1.11 bits per heavy atom. The van der Waals surface area contributed by atoms with E-state index < -0.39 is 0 Å². The Kier molecular flexibility index (Phi) is 5.01. The van der Waals surface area contributed by atoms with Crippen LogP contribution in [0.3, 0.4) is 0 Å². The number of nitrogens with one attached hydrogen (secondary N) is 1. The Balaban J connectivity index is 1.46. The molecule has 0 aliphatic carbocycles. The smallest absolute Gasteiger partial charge is 0.229 e. The van der Waals surface area contributed by atoms with Crippen molar-refractivity contribution in [3.8, 4) is 5.82 Å². The van der Waals surface area contributed by atoms with Crippen LogP contribution in [0.4, 0.5) is 11.5 Å². The molecule has 8 nitrogen and oxygen atoms in total. The van der Waals surface area contributed by atoms with Gasteiger partial charge in [-0.3, -0.25) is 4.79 Å². The topological polar surface area (TPSA) is 88.8 Å². The van der Waals surface area contributed by atoms with Gasteiger partial charge in [-0.05, 0) is 49.9 Å². The Labute approximate surface area is 163 Å². The second-order valence-electron chi connectivity index (χ2n) is 7.15. The molecule has 4 rings (SSSR count). The van der Waals surface area contributed by atoms with Gasteiger partial charge in [0.1, 0.15) is 24.8 Å². The van der Waals surface area contributed by atoms with Gasteiger partial charge in [-0.1, -0.05) is 6.07 Å². The number of rotatable bonds is 4. The number of amides is 1. The molecule has 1 aliphatic rings. The van der Waals surface area contributed by atoms with Crippen LogP contribution in [0.25, 0.3) is 5.82 Å². The minimum absolute atomic E-state index is 0.0542. The van der Waals surface area contributed by atoms with Crippen molar-refractivity contribution in [1.82, 2.24) is 24.7 Å². The molecule has 1 fully saturated rings. The van der Waals surface area contributed by atoms with Crippen molar-refractivity contribution in [2.24, 2.45) is 5.92 Å². The number of aromatic nitrogens is 5. The summed E-state index contributed by atoms with van der Waals surface area (Å²) in [6.07, 6.45) is 6.39. The molecule has 0 saturated carbocycles. The lowest BCUT2D eigenvalue weighted by Crippen LogP contribution is -2.41. The van der Waals surface area contributed by atoms with E-state index in [1.54, 1.807) is 11.0 Å². The van der Waals surface area contributed by atoms with E-state index in [4.69, 9.17) is 0 Å². The van der Waals surface area contributed by atoms with Crippen LogP contribution in [0, 0.1) is 19.8 Å². The largest absolute Gasteiger partial charge is 0.356 e. The van der Waals surface area contributed by atoms with E-state index in [1.807, 2.05) is 24.3 Å². The van der Waals surface area contributed by atoms with Crippen LogP contribution in [-0.2, 0) is 4.79 Å². The molecule has 1 atom stereocenters. The molecule has 1 aromatic carbocycles. The summed E-state index contributed by atoms with van der Waals surface area (Å²) >= 11 is 0. The van der Waals surface area contributed by atoms with Crippen molar-refractivity contribution in [1.29, 1.82) is 0 Å². The van der Waals surface area contributed by atoms with E-state index in [9.17, 15) is 4.79 Å². The summed E-state index contributed by atoms with van der Waals surface area (Å²) in [5.74, 6) is 1.42. The number of piperidine rings is 1. The first kappa shape index (κ1) is 18.1. The highest BCUT2D eigenvalue weighted by Gasteiger charge is 2.27. The summed E-state index contributed by atoms with van der Waals surface area (Å²) in [6.45, 7) is 5.61. The third kappa shape index (κ3) is 3.85. The average molecular weight is 377 g/mol. The van der Waals surface area contributed by atoms with Gasteiger partial charge in [0, 0.05) is 24.8 Å². The maximum Gasteiger partial charge on any atom is 0.229 e. The Hall–Kier alpha value is -3.29. The van der Waals surface area contributed by atoms with Gasteiger partial charge >= 0.3 is 0 Å². The number of nitrogens with zero attached hydrogens (tertiary/aromatic N) is 6. The van der Waals surface area contributed by atoms with Gasteiger partial charge in [-0.25, -0.2) is 19.6 Å². The van der Waals surface area contributed by atoms with Crippen LogP contribution in [0.2, 0.25) is 0 Å². The van der Waals surface area contributed by atoms with Gasteiger partial charge in [0.25, 0.3) is 0 Å². The first-order chi connectivity index (χ1) is 13.6. The Bertz CT molecular complexity index is 970. The molecule has 144 valence electrons. The van der Waals surface area contributed by atoms with E-state index in [0.29, 0.717) is 12.4 Å². The summed E-state index contributed by atoms with van der Waals surface area (Å²) in [5, 5.41) is 7.17. The number of anilines is 2. The van der Waals surface area contributed by atoms with Crippen LogP contribution in [0.1, 0.15) is 24.0 Å². The van der Waals surface area contributed by atoms with Crippen molar-refractivity contribution in [2.75, 3.05) is 23.3 Å². The molecule has 2 aromatic heterocycles. The Morgan fingerprint density at radius 2 is 1.96 bits per heavy atom. The van der Waals surface area contributed by atoms with E-state index in [2.05, 4.69) is 44.1 Å². The van der Waals surface area contributed by atoms with E-state index in [1.165, 1.54) is 23.8 Å². The standard InChI is InChI=1S/C20H23N7O/c1-14-5-6-17(8-15(14)2)25-20(28)16-4-3-7-26(10-16)18-9-19(23-12-22-18)27-13-21-11-24-27/h5-6,8-9,11-13,16H,3-4,7,10H2,1-2H3,(H,25,28). The lowest BCUT2D eigenvalue weighted by Gasteiger charge is -2.32. The zero-order valence-electron chi connectivity index (χ0n) is 16.0. The van der Waals surface area contributed by atoms with Crippen LogP contribution < -0.4 is 10.2 Å². The lowest BCUT2D eigenvalue weighted by atomic mass is 9.97. The van der Waals surface area contributed by atoms with Crippen LogP contribution >= 0.6 is 0 Å². The quantitative estimate of drug-likeness (QED) is 0.752. The number of carbonyl (C=O) groups excluding carboxylic acids is 1. The van der Waals surface area contributed by atoms with Gasteiger partial charge in [0.15, 0.2) is 5.82 Å². The fourth-order valence-electron chi connectivity index (χ4n) is 3.42. The van der Waals surface area contributed by atoms with Gasteiger partial charge in [0.2, 0.25) is 5.91 Å². The lowest BCUT2D eigenvalue weighted by molar-refractivity contribution is -0.120. The van der Waals surface area contributed by atoms with Crippen LogP contribution in [-0.4, -0.2) is 43.7 Å². The molecule has 0 bridgehead atoms. The predicted octanol–water partition coefficient (Wildman–Crippen LogP) is 2.53. The highest BCUT2D eigenvalue weighted by molar-refractivity contribution is 5.93. The SMILES string of the molecule is Cc1ccc(NC(=O)C2CCCN(c3cc(-n4cncn4)ncn3)C2)cc1C. The van der Waals surface area contributed by atoms with Gasteiger partial charge in [0.05, 0.1) is 5.92 Å². The molecule has 0 radical (unpaired) electrons. The van der Waals surface area contributed by atoms with Crippen molar-refractivity contribution >= 4 is 17.4 Å². The summed E-state index contributed by atoms with van der Waals surface area (Å²) in [4.78, 5) is 27.5. The van der Waals surface area contributed by atoms with Gasteiger partial charge in [-0.2, -0.15) is 5.10 Å². The normalized spacial score (nSPS) is 16.8. The molecular weight excluding hydrogens is 354 g/mol. The van der Waals surface area contributed by atoms with Crippen LogP contribution in [0.5, 0.6) is 0 Å². The molecule has 1 amide bonds. The fourth-order valence-corrected chi connectivity index (χ4v) is 3.42. The monoisotopic (exact) mass is 377 g/mol. The maximum absolute atomic E-state index is 12.8. The first-order valence-electron chi connectivity index (χ1n) is 9.40. The summed E-state index contributed by atoms with van der Waals surface area (Å²) in [6, 6.07) is 7.88. The van der Waals surface area contributed by atoms with Crippen molar-refractivity contribution < 1.29 is 4.79 Å². The van der Waals surface area contributed by atoms with Crippen molar-refractivity contribution in [3.05, 3.63) is 54.4 Å². The summed E-state index contributed by atoms with van der Waals surface area (Å²) < 4.78 is 1.60. The van der Waals surface area contributed by atoms with E-state index in [-0.39, 0.29) is 11.8 Å². The van der Waals surface area contributed by atoms with E-state index >= 15 is 0 Å². The molecule has 28 heavy (non-hydrogen) atoms. The third-order valence-corrected chi connectivity index (χ3v) is 5.18. The van der Waals surface area contributed by atoms with Crippen molar-refractivity contribution in [2.45, 2.75) is 26.7 Å². The zero-order chi connectivity index (χ0) is 19.5. The second-order valence-corrected chi connectivity index (χ2v) is 7.15. The molecule has 1 N–H and O–H groups in total. The number of hydrogen-bond donors (Lipinski definition) is 1. The van der Waals surface area contributed by atoms with Crippen LogP contribution in [0.15, 0.2) is 43.2 Å². The van der Waals surface area contributed by atoms with Crippen molar-refractivity contribution in [3.63, 3.8) is 0 Å². The van der Waals surface area contributed by atoms with E-state index in [0.717, 1.165) is 30.9 Å². The molecular formula is C20H23N7O. The summed E-state index contributed by atoms with van der Waals surface area (Å²) in [7, 11) is 0. The highest BCUT2D eigenvalue weighted by atomic mass is 16.1. The molecule has 3 heterocycles. The molecule has 1 unspecified atom stereocenters. The predicted molar refractivity (Wildman–Crippen MR) is 106 cm³/mol. The summed E-state index contributed by atoms with van der Waals surface area (Å²) in [5.41, 5.74) is 3.24. The third-order valence-electron chi connectivity index (χ3n) is 5.18. The minimum atomic E-state index is -0.0832. The molecule has 1 saturated heterocycles. The number of benzene rings is 1. The Morgan fingerprint density at radius 3 is 2.75 bits per heavy atom. The van der Waals surface area contributed by atoms with Gasteiger partial charge in [-0.15, -0.1) is 0 Å². The number of hydrogen-bond acceptors (Lipinski definition) is 6. The fraction of sp³-hybridized carbons (Fsp3) is 0.350. The van der Waals surface area contributed by atoms with Gasteiger partial charge < -0.3 is 10.2 Å². The minimum Gasteiger partial charge on any atom is -0.356 e. The maximum atomic E-state index is 12.8. The average Bonchev–Trinajstić information content (AvgIpc) is 3.26. The first-order valence-corrected chi connectivity index (χ1v) is 9.40. The molecule has 1 aliphatic heterocycles. The number of carbonyl (C=O) groups is 1. The molecule has 8 heteroatoms. The zero-order valence-corrected chi connectivity index (χ0v) is 16.0.